The van der Waals surface area contributed by atoms with Gasteiger partial charge in [-0.1, -0.05) is 15.9 Å². The Labute approximate surface area is 162 Å². The lowest BCUT2D eigenvalue weighted by Crippen LogP contribution is -2.15. The van der Waals surface area contributed by atoms with Crippen molar-refractivity contribution in [3.05, 3.63) is 52.5 Å². The first kappa shape index (κ1) is 20.3. The van der Waals surface area contributed by atoms with Gasteiger partial charge in [0.1, 0.15) is 18.1 Å². The molecule has 140 valence electrons. The molecule has 2 aromatic carbocycles. The first-order chi connectivity index (χ1) is 12.5. The van der Waals surface area contributed by atoms with Crippen LogP contribution in [0.15, 0.2) is 46.9 Å². The number of hydrogen-bond donors (Lipinski definition) is 1. The smallest absolute Gasteiger partial charge is 0.259 e. The average molecular weight is 422 g/mol. The predicted octanol–water partition coefficient (Wildman–Crippen LogP) is 4.90. The van der Waals surface area contributed by atoms with E-state index in [1.807, 2.05) is 39.0 Å². The molecular weight excluding hydrogens is 398 g/mol. The van der Waals surface area contributed by atoms with E-state index in [9.17, 15) is 4.79 Å². The summed E-state index contributed by atoms with van der Waals surface area (Å²) >= 11 is 3.40. The number of rotatable bonds is 9. The van der Waals surface area contributed by atoms with Gasteiger partial charge in [0, 0.05) is 16.8 Å². The van der Waals surface area contributed by atoms with Crippen molar-refractivity contribution in [3.8, 4) is 11.5 Å². The summed E-state index contributed by atoms with van der Waals surface area (Å²) < 4.78 is 17.3. The molecule has 2 aromatic rings. The largest absolute Gasteiger partial charge is 0.491 e. The van der Waals surface area contributed by atoms with Gasteiger partial charge in [-0.25, -0.2) is 0 Å². The lowest BCUT2D eigenvalue weighted by Gasteiger charge is -2.15. The number of benzene rings is 2. The minimum atomic E-state index is -0.230. The monoisotopic (exact) mass is 421 g/mol. The molecule has 1 N–H and O–H groups in total. The van der Waals surface area contributed by atoms with Crippen molar-refractivity contribution in [2.45, 2.75) is 26.9 Å². The van der Waals surface area contributed by atoms with E-state index in [0.29, 0.717) is 36.8 Å². The highest BCUT2D eigenvalue weighted by Gasteiger charge is 2.14. The van der Waals surface area contributed by atoms with Gasteiger partial charge in [-0.2, -0.15) is 0 Å². The van der Waals surface area contributed by atoms with Gasteiger partial charge in [-0.15, -0.1) is 0 Å². The van der Waals surface area contributed by atoms with E-state index in [0.717, 1.165) is 10.2 Å². The van der Waals surface area contributed by atoms with Gasteiger partial charge >= 0.3 is 0 Å². The van der Waals surface area contributed by atoms with Gasteiger partial charge in [0.05, 0.1) is 18.3 Å². The Morgan fingerprint density at radius 1 is 1.12 bits per heavy atom. The Kier molecular flexibility index (Phi) is 7.94. The molecule has 0 radical (unpaired) electrons. The fourth-order valence-electron chi connectivity index (χ4n) is 2.23. The molecule has 0 fully saturated rings. The first-order valence-electron chi connectivity index (χ1n) is 8.57. The molecule has 0 saturated carbocycles. The Morgan fingerprint density at radius 2 is 1.85 bits per heavy atom. The topological polar surface area (TPSA) is 56.8 Å². The number of carbonyl (C=O) groups is 1. The predicted molar refractivity (Wildman–Crippen MR) is 106 cm³/mol. The fraction of sp³-hybridized carbons (Fsp3) is 0.350. The van der Waals surface area contributed by atoms with Crippen LogP contribution in [-0.2, 0) is 4.74 Å². The van der Waals surface area contributed by atoms with Crippen molar-refractivity contribution in [1.29, 1.82) is 0 Å². The highest BCUT2D eigenvalue weighted by molar-refractivity contribution is 9.10. The molecule has 6 heteroatoms. The zero-order valence-electron chi connectivity index (χ0n) is 15.3. The van der Waals surface area contributed by atoms with Crippen LogP contribution in [0.5, 0.6) is 11.5 Å². The van der Waals surface area contributed by atoms with Crippen LogP contribution < -0.4 is 14.8 Å². The molecule has 0 aromatic heterocycles. The van der Waals surface area contributed by atoms with Crippen molar-refractivity contribution in [3.63, 3.8) is 0 Å². The third-order valence-electron chi connectivity index (χ3n) is 3.36. The maximum Gasteiger partial charge on any atom is 0.259 e. The number of ether oxygens (including phenoxy) is 3. The molecule has 0 heterocycles. The zero-order chi connectivity index (χ0) is 18.9. The van der Waals surface area contributed by atoms with Crippen molar-refractivity contribution >= 4 is 27.5 Å². The molecule has 0 aliphatic rings. The molecule has 5 nitrogen and oxygen atoms in total. The number of anilines is 1. The van der Waals surface area contributed by atoms with E-state index in [-0.39, 0.29) is 12.0 Å². The second-order valence-electron chi connectivity index (χ2n) is 5.83. The molecule has 0 bridgehead atoms. The molecule has 0 atom stereocenters. The highest BCUT2D eigenvalue weighted by Crippen LogP contribution is 2.25. The molecule has 0 spiro atoms. The highest BCUT2D eigenvalue weighted by atomic mass is 79.9. The Morgan fingerprint density at radius 3 is 2.50 bits per heavy atom. The molecule has 2 rings (SSSR count). The van der Waals surface area contributed by atoms with Crippen LogP contribution in [0.3, 0.4) is 0 Å². The summed E-state index contributed by atoms with van der Waals surface area (Å²) in [6, 6.07) is 12.6. The summed E-state index contributed by atoms with van der Waals surface area (Å²) in [7, 11) is 0. The molecule has 0 aliphatic heterocycles. The molecular formula is C20H24BrNO4. The molecule has 0 aliphatic carbocycles. The van der Waals surface area contributed by atoms with E-state index in [1.165, 1.54) is 0 Å². The maximum absolute atomic E-state index is 12.6. The Hall–Kier alpha value is -2.05. The third kappa shape index (κ3) is 6.35. The average Bonchev–Trinajstić information content (AvgIpc) is 2.61. The van der Waals surface area contributed by atoms with Crippen LogP contribution in [0.4, 0.5) is 5.69 Å². The summed E-state index contributed by atoms with van der Waals surface area (Å²) in [5.41, 5.74) is 1.16. The number of amides is 1. The van der Waals surface area contributed by atoms with Crippen molar-refractivity contribution in [2.75, 3.05) is 25.1 Å². The van der Waals surface area contributed by atoms with Crippen LogP contribution in [0, 0.1) is 0 Å². The van der Waals surface area contributed by atoms with E-state index in [1.54, 1.807) is 24.3 Å². The normalized spacial score (nSPS) is 10.7. The number of halogens is 1. The van der Waals surface area contributed by atoms with Crippen molar-refractivity contribution in [1.82, 2.24) is 0 Å². The first-order valence-corrected chi connectivity index (χ1v) is 9.37. The molecule has 0 saturated heterocycles. The number of carbonyl (C=O) groups excluding carboxylic acids is 1. The van der Waals surface area contributed by atoms with Gasteiger partial charge in [-0.05, 0) is 63.2 Å². The second kappa shape index (κ2) is 10.2. The Balaban J connectivity index is 2.02. The van der Waals surface area contributed by atoms with E-state index in [2.05, 4.69) is 21.2 Å². The maximum atomic E-state index is 12.6. The van der Waals surface area contributed by atoms with E-state index >= 15 is 0 Å². The summed E-state index contributed by atoms with van der Waals surface area (Å²) in [5.74, 6) is 1.05. The van der Waals surface area contributed by atoms with Crippen LogP contribution in [-0.4, -0.2) is 31.8 Å². The van der Waals surface area contributed by atoms with Crippen LogP contribution in [0.25, 0.3) is 0 Å². The lowest BCUT2D eigenvalue weighted by molar-refractivity contribution is 0.102. The molecule has 1 amide bonds. The third-order valence-corrected chi connectivity index (χ3v) is 3.85. The van der Waals surface area contributed by atoms with Gasteiger partial charge in [0.15, 0.2) is 0 Å². The summed E-state index contributed by atoms with van der Waals surface area (Å²) in [6.45, 7) is 7.51. The van der Waals surface area contributed by atoms with E-state index < -0.39 is 0 Å². The van der Waals surface area contributed by atoms with Gasteiger partial charge in [0.25, 0.3) is 5.91 Å². The quantitative estimate of drug-likeness (QED) is 0.584. The minimum Gasteiger partial charge on any atom is -0.491 e. The van der Waals surface area contributed by atoms with Crippen LogP contribution in [0.1, 0.15) is 31.1 Å². The number of nitrogens with one attached hydrogen (secondary N) is 1. The van der Waals surface area contributed by atoms with Gasteiger partial charge in [0.2, 0.25) is 0 Å². The summed E-state index contributed by atoms with van der Waals surface area (Å²) in [6.07, 6.45) is -0.0177. The van der Waals surface area contributed by atoms with Crippen molar-refractivity contribution in [2.24, 2.45) is 0 Å². The van der Waals surface area contributed by atoms with Crippen LogP contribution >= 0.6 is 15.9 Å². The van der Waals surface area contributed by atoms with Crippen LogP contribution in [0.2, 0.25) is 0 Å². The Bertz CT molecular complexity index is 716. The minimum absolute atomic E-state index is 0.0177. The summed E-state index contributed by atoms with van der Waals surface area (Å²) in [5, 5.41) is 2.88. The molecule has 26 heavy (non-hydrogen) atoms. The summed E-state index contributed by atoms with van der Waals surface area (Å²) in [4.78, 5) is 12.6. The zero-order valence-corrected chi connectivity index (χ0v) is 16.8. The van der Waals surface area contributed by atoms with E-state index in [4.69, 9.17) is 14.2 Å². The number of hydrogen-bond acceptors (Lipinski definition) is 4. The standard InChI is InChI=1S/C20H24BrNO4/c1-4-24-11-12-25-17-8-6-16(7-9-17)22-20(23)18-13-15(21)5-10-19(18)26-14(2)3/h5-10,13-14H,4,11-12H2,1-3H3,(H,22,23). The SMILES string of the molecule is CCOCCOc1ccc(NC(=O)c2cc(Br)ccc2OC(C)C)cc1. The molecule has 0 unspecified atom stereocenters. The van der Waals surface area contributed by atoms with Gasteiger partial charge < -0.3 is 19.5 Å². The van der Waals surface area contributed by atoms with Crippen molar-refractivity contribution < 1.29 is 19.0 Å². The lowest BCUT2D eigenvalue weighted by atomic mass is 10.1. The second-order valence-corrected chi connectivity index (χ2v) is 6.75. The van der Waals surface area contributed by atoms with Gasteiger partial charge in [-0.3, -0.25) is 4.79 Å². The fourth-order valence-corrected chi connectivity index (χ4v) is 2.59.